The molecule has 3 aromatic heterocycles. The van der Waals surface area contributed by atoms with Crippen molar-refractivity contribution in [2.45, 2.75) is 6.92 Å². The second-order valence-corrected chi connectivity index (χ2v) is 5.10. The third kappa shape index (κ3) is 1.90. The van der Waals surface area contributed by atoms with Gasteiger partial charge in [0.15, 0.2) is 0 Å². The van der Waals surface area contributed by atoms with Crippen LogP contribution < -0.4 is 0 Å². The summed E-state index contributed by atoms with van der Waals surface area (Å²) in [6.45, 7) is 2.00. The highest BCUT2D eigenvalue weighted by molar-refractivity contribution is 7.21. The van der Waals surface area contributed by atoms with Crippen LogP contribution in [0.1, 0.15) is 5.56 Å². The van der Waals surface area contributed by atoms with E-state index < -0.39 is 0 Å². The first-order chi connectivity index (χ1) is 8.24. The van der Waals surface area contributed by atoms with Gasteiger partial charge in [0.2, 0.25) is 0 Å². The van der Waals surface area contributed by atoms with Crippen LogP contribution in [0.2, 0.25) is 5.02 Å². The Kier molecular flexibility index (Phi) is 2.53. The van der Waals surface area contributed by atoms with Gasteiger partial charge in [-0.2, -0.15) is 0 Å². The van der Waals surface area contributed by atoms with Crippen molar-refractivity contribution in [2.24, 2.45) is 0 Å². The molecule has 0 N–H and O–H groups in total. The van der Waals surface area contributed by atoms with Crippen LogP contribution in [0.5, 0.6) is 0 Å². The minimum Gasteiger partial charge on any atom is -0.263 e. The summed E-state index contributed by atoms with van der Waals surface area (Å²) in [4.78, 5) is 13.8. The molecular weight excluding hydrogens is 254 g/mol. The Bertz CT molecular complexity index is 693. The molecule has 0 aliphatic rings. The first kappa shape index (κ1) is 10.6. The van der Waals surface area contributed by atoms with Crippen molar-refractivity contribution >= 4 is 33.3 Å². The van der Waals surface area contributed by atoms with Crippen LogP contribution in [0.4, 0.5) is 0 Å². The average Bonchev–Trinajstić information content (AvgIpc) is 2.72. The van der Waals surface area contributed by atoms with Gasteiger partial charge in [0.05, 0.1) is 5.02 Å². The number of nitrogens with zero attached hydrogens (tertiary/aromatic N) is 3. The van der Waals surface area contributed by atoms with Gasteiger partial charge < -0.3 is 0 Å². The summed E-state index contributed by atoms with van der Waals surface area (Å²) < 4.78 is 0. The lowest BCUT2D eigenvalue weighted by Gasteiger charge is -1.96. The number of aromatic nitrogens is 3. The molecule has 17 heavy (non-hydrogen) atoms. The second-order valence-electron chi connectivity index (χ2n) is 3.71. The van der Waals surface area contributed by atoms with Crippen LogP contribution in [0.3, 0.4) is 0 Å². The molecule has 5 heteroatoms. The lowest BCUT2D eigenvalue weighted by atomic mass is 10.3. The number of halogens is 1. The predicted octanol–water partition coefficient (Wildman–Crippen LogP) is 3.72. The van der Waals surface area contributed by atoms with Gasteiger partial charge in [0.1, 0.15) is 15.4 Å². The molecule has 0 radical (unpaired) electrons. The molecule has 0 saturated heterocycles. The standard InChI is InChI=1S/C12H8ClN3S/c1-7-4-10-12(15-5-7)17-11(16-10)8-2-3-14-6-9(8)13/h2-6H,1H3. The molecule has 3 aromatic rings. The lowest BCUT2D eigenvalue weighted by Crippen LogP contribution is -1.79. The molecule has 0 bridgehead atoms. The highest BCUT2D eigenvalue weighted by atomic mass is 35.5. The Morgan fingerprint density at radius 3 is 3.00 bits per heavy atom. The molecular formula is C12H8ClN3S. The van der Waals surface area contributed by atoms with E-state index in [0.717, 1.165) is 26.5 Å². The van der Waals surface area contributed by atoms with Gasteiger partial charge in [-0.25, -0.2) is 9.97 Å². The van der Waals surface area contributed by atoms with Gasteiger partial charge in [0, 0.05) is 24.2 Å². The average molecular weight is 262 g/mol. The molecule has 0 aliphatic heterocycles. The van der Waals surface area contributed by atoms with E-state index in [0.29, 0.717) is 5.02 Å². The van der Waals surface area contributed by atoms with Crippen molar-refractivity contribution in [1.29, 1.82) is 0 Å². The zero-order valence-electron chi connectivity index (χ0n) is 9.01. The van der Waals surface area contributed by atoms with Crippen molar-refractivity contribution in [3.63, 3.8) is 0 Å². The van der Waals surface area contributed by atoms with Gasteiger partial charge in [-0.1, -0.05) is 22.9 Å². The largest absolute Gasteiger partial charge is 0.263 e. The Hall–Kier alpha value is -1.52. The van der Waals surface area contributed by atoms with Gasteiger partial charge >= 0.3 is 0 Å². The van der Waals surface area contributed by atoms with E-state index >= 15 is 0 Å². The number of fused-ring (bicyclic) bond motifs is 1. The SMILES string of the molecule is Cc1cnc2sc(-c3ccncc3Cl)nc2c1. The molecule has 0 unspecified atom stereocenters. The van der Waals surface area contributed by atoms with Gasteiger partial charge in [0.25, 0.3) is 0 Å². The monoisotopic (exact) mass is 261 g/mol. The van der Waals surface area contributed by atoms with E-state index in [1.807, 2.05) is 25.3 Å². The number of thiazole rings is 1. The number of aryl methyl sites for hydroxylation is 1. The molecule has 0 aromatic carbocycles. The van der Waals surface area contributed by atoms with Crippen molar-refractivity contribution in [2.75, 3.05) is 0 Å². The summed E-state index contributed by atoms with van der Waals surface area (Å²) in [5, 5.41) is 1.49. The number of pyridine rings is 2. The van der Waals surface area contributed by atoms with Crippen molar-refractivity contribution < 1.29 is 0 Å². The third-order valence-corrected chi connectivity index (χ3v) is 3.70. The summed E-state index contributed by atoms with van der Waals surface area (Å²) in [7, 11) is 0. The maximum Gasteiger partial charge on any atom is 0.143 e. The summed E-state index contributed by atoms with van der Waals surface area (Å²) in [5.41, 5.74) is 2.93. The van der Waals surface area contributed by atoms with Crippen LogP contribution in [-0.4, -0.2) is 15.0 Å². The molecule has 0 amide bonds. The van der Waals surface area contributed by atoms with Crippen molar-refractivity contribution in [3.8, 4) is 10.6 Å². The first-order valence-electron chi connectivity index (χ1n) is 5.07. The normalized spacial score (nSPS) is 10.9. The Morgan fingerprint density at radius 2 is 2.18 bits per heavy atom. The first-order valence-corrected chi connectivity index (χ1v) is 6.26. The number of rotatable bonds is 1. The van der Waals surface area contributed by atoms with E-state index in [1.165, 1.54) is 11.3 Å². The topological polar surface area (TPSA) is 38.7 Å². The fraction of sp³-hybridized carbons (Fsp3) is 0.0833. The lowest BCUT2D eigenvalue weighted by molar-refractivity contribution is 1.31. The Morgan fingerprint density at radius 1 is 1.29 bits per heavy atom. The van der Waals surface area contributed by atoms with Crippen LogP contribution in [0.15, 0.2) is 30.7 Å². The van der Waals surface area contributed by atoms with Crippen LogP contribution in [-0.2, 0) is 0 Å². The van der Waals surface area contributed by atoms with E-state index in [9.17, 15) is 0 Å². The molecule has 0 saturated carbocycles. The summed E-state index contributed by atoms with van der Waals surface area (Å²) in [6.07, 6.45) is 5.19. The summed E-state index contributed by atoms with van der Waals surface area (Å²) in [5.74, 6) is 0. The van der Waals surface area contributed by atoms with E-state index in [1.54, 1.807) is 12.4 Å². The van der Waals surface area contributed by atoms with Gasteiger partial charge in [-0.15, -0.1) is 0 Å². The quantitative estimate of drug-likeness (QED) is 0.670. The van der Waals surface area contributed by atoms with E-state index in [2.05, 4.69) is 15.0 Å². The summed E-state index contributed by atoms with van der Waals surface area (Å²) in [6, 6.07) is 3.89. The minimum atomic E-state index is 0.614. The van der Waals surface area contributed by atoms with Crippen LogP contribution >= 0.6 is 22.9 Å². The number of hydrogen-bond donors (Lipinski definition) is 0. The Labute approximate surface area is 107 Å². The molecule has 0 atom stereocenters. The van der Waals surface area contributed by atoms with E-state index in [4.69, 9.17) is 11.6 Å². The molecule has 0 spiro atoms. The zero-order valence-corrected chi connectivity index (χ0v) is 10.6. The molecule has 0 aliphatic carbocycles. The van der Waals surface area contributed by atoms with Gasteiger partial charge in [-0.05, 0) is 24.6 Å². The molecule has 3 heterocycles. The molecule has 3 nitrogen and oxygen atoms in total. The minimum absolute atomic E-state index is 0.614. The van der Waals surface area contributed by atoms with Crippen molar-refractivity contribution in [3.05, 3.63) is 41.3 Å². The smallest absolute Gasteiger partial charge is 0.143 e. The second kappa shape index (κ2) is 4.05. The molecule has 3 rings (SSSR count). The fourth-order valence-electron chi connectivity index (χ4n) is 1.59. The predicted molar refractivity (Wildman–Crippen MR) is 70.4 cm³/mol. The molecule has 84 valence electrons. The highest BCUT2D eigenvalue weighted by Gasteiger charge is 2.10. The zero-order chi connectivity index (χ0) is 11.8. The van der Waals surface area contributed by atoms with E-state index in [-0.39, 0.29) is 0 Å². The molecule has 0 fully saturated rings. The summed E-state index contributed by atoms with van der Waals surface area (Å²) >= 11 is 7.64. The van der Waals surface area contributed by atoms with Crippen molar-refractivity contribution in [1.82, 2.24) is 15.0 Å². The number of hydrogen-bond acceptors (Lipinski definition) is 4. The van der Waals surface area contributed by atoms with Gasteiger partial charge in [-0.3, -0.25) is 4.98 Å². The Balaban J connectivity index is 2.22. The van der Waals surface area contributed by atoms with Crippen LogP contribution in [0.25, 0.3) is 20.9 Å². The maximum absolute atomic E-state index is 6.10. The van der Waals surface area contributed by atoms with Crippen LogP contribution in [0, 0.1) is 6.92 Å². The third-order valence-electron chi connectivity index (χ3n) is 2.39. The maximum atomic E-state index is 6.10. The fourth-order valence-corrected chi connectivity index (χ4v) is 2.78. The highest BCUT2D eigenvalue weighted by Crippen LogP contribution is 2.32.